The van der Waals surface area contributed by atoms with Crippen molar-refractivity contribution in [3.63, 3.8) is 0 Å². The molecule has 0 aliphatic carbocycles. The topological polar surface area (TPSA) is 99.7 Å². The van der Waals surface area contributed by atoms with E-state index in [2.05, 4.69) is 20.9 Å². The Kier molecular flexibility index (Phi) is 8.01. The second-order valence-electron chi connectivity index (χ2n) is 6.20. The summed E-state index contributed by atoms with van der Waals surface area (Å²) >= 11 is 0. The van der Waals surface area contributed by atoms with Crippen LogP contribution in [-0.4, -0.2) is 46.2 Å². The van der Waals surface area contributed by atoms with Gasteiger partial charge in [0.05, 0.1) is 4.90 Å². The molecule has 150 valence electrons. The molecule has 0 saturated carbocycles. The van der Waals surface area contributed by atoms with Crippen LogP contribution >= 0.6 is 0 Å². The van der Waals surface area contributed by atoms with Crippen molar-refractivity contribution < 1.29 is 13.2 Å². The first kappa shape index (κ1) is 21.4. The van der Waals surface area contributed by atoms with Gasteiger partial charge in [-0.25, -0.2) is 13.4 Å². The number of nitrogens with one attached hydrogen (secondary N) is 3. The first-order chi connectivity index (χ1) is 13.4. The molecule has 0 aliphatic heterocycles. The van der Waals surface area contributed by atoms with Crippen LogP contribution in [0.3, 0.4) is 0 Å². The molecule has 2 rings (SSSR count). The lowest BCUT2D eigenvalue weighted by Gasteiger charge is -2.11. The third kappa shape index (κ3) is 7.40. The van der Waals surface area contributed by atoms with E-state index in [0.717, 1.165) is 11.3 Å². The number of hydrogen-bond donors (Lipinski definition) is 3. The average Bonchev–Trinajstić information content (AvgIpc) is 2.66. The van der Waals surface area contributed by atoms with E-state index in [1.807, 2.05) is 37.3 Å². The first-order valence-corrected chi connectivity index (χ1v) is 10.9. The standard InChI is InChI=1S/C20H26N4O3S/c1-3-21-20(23-15-19(25)24-17-7-5-4-6-8-17)22-14-13-16-9-11-18(12-10-16)28(2,26)27/h4-12H,3,13-15H2,1-2H3,(H,24,25)(H2,21,22,23). The Hall–Kier alpha value is -2.87. The number of carbonyl (C=O) groups excluding carboxylic acids is 1. The Morgan fingerprint density at radius 3 is 2.29 bits per heavy atom. The summed E-state index contributed by atoms with van der Waals surface area (Å²) in [5.41, 5.74) is 1.75. The van der Waals surface area contributed by atoms with Crippen LogP contribution in [0.15, 0.2) is 64.5 Å². The second-order valence-corrected chi connectivity index (χ2v) is 8.22. The minimum Gasteiger partial charge on any atom is -0.357 e. The molecule has 0 saturated heterocycles. The third-order valence-electron chi connectivity index (χ3n) is 3.84. The smallest absolute Gasteiger partial charge is 0.246 e. The number of sulfone groups is 1. The molecule has 3 N–H and O–H groups in total. The fourth-order valence-electron chi connectivity index (χ4n) is 2.44. The third-order valence-corrected chi connectivity index (χ3v) is 4.97. The van der Waals surface area contributed by atoms with Crippen LogP contribution in [0.25, 0.3) is 0 Å². The second kappa shape index (κ2) is 10.5. The van der Waals surface area contributed by atoms with Gasteiger partial charge in [-0.15, -0.1) is 0 Å². The molecule has 0 bridgehead atoms. The molecule has 0 fully saturated rings. The monoisotopic (exact) mass is 402 g/mol. The summed E-state index contributed by atoms with van der Waals surface area (Å²) in [4.78, 5) is 16.6. The number of rotatable bonds is 8. The lowest BCUT2D eigenvalue weighted by Crippen LogP contribution is -2.39. The SMILES string of the molecule is CCNC(=NCC(=O)Nc1ccccc1)NCCc1ccc(S(C)(=O)=O)cc1. The lowest BCUT2D eigenvalue weighted by atomic mass is 10.1. The highest BCUT2D eigenvalue weighted by molar-refractivity contribution is 7.90. The number of para-hydroxylation sites is 1. The molecule has 7 nitrogen and oxygen atoms in total. The number of amides is 1. The maximum absolute atomic E-state index is 12.0. The molecule has 0 unspecified atom stereocenters. The maximum atomic E-state index is 12.0. The molecule has 1 amide bonds. The normalized spacial score (nSPS) is 11.7. The van der Waals surface area contributed by atoms with Crippen LogP contribution in [0.1, 0.15) is 12.5 Å². The summed E-state index contributed by atoms with van der Waals surface area (Å²) in [6.07, 6.45) is 1.89. The number of nitrogens with zero attached hydrogens (tertiary/aromatic N) is 1. The first-order valence-electron chi connectivity index (χ1n) is 9.04. The molecule has 0 aliphatic rings. The Morgan fingerprint density at radius 2 is 1.68 bits per heavy atom. The van der Waals surface area contributed by atoms with Gasteiger partial charge in [0.15, 0.2) is 15.8 Å². The number of benzene rings is 2. The van der Waals surface area contributed by atoms with Gasteiger partial charge in [0.2, 0.25) is 5.91 Å². The zero-order chi connectivity index (χ0) is 20.4. The van der Waals surface area contributed by atoms with Crippen molar-refractivity contribution in [3.8, 4) is 0 Å². The molecule has 0 radical (unpaired) electrons. The molecular formula is C20H26N4O3S. The van der Waals surface area contributed by atoms with Crippen molar-refractivity contribution in [2.24, 2.45) is 4.99 Å². The number of guanidine groups is 1. The lowest BCUT2D eigenvalue weighted by molar-refractivity contribution is -0.114. The number of aliphatic imine (C=N–C) groups is 1. The Bertz CT molecular complexity index is 895. The van der Waals surface area contributed by atoms with Crippen molar-refractivity contribution in [1.82, 2.24) is 10.6 Å². The highest BCUT2D eigenvalue weighted by Gasteiger charge is 2.06. The van der Waals surface area contributed by atoms with Gasteiger partial charge >= 0.3 is 0 Å². The van der Waals surface area contributed by atoms with Crippen molar-refractivity contribution in [2.75, 3.05) is 31.2 Å². The maximum Gasteiger partial charge on any atom is 0.246 e. The van der Waals surface area contributed by atoms with Crippen molar-refractivity contribution in [1.29, 1.82) is 0 Å². The van der Waals surface area contributed by atoms with E-state index in [4.69, 9.17) is 0 Å². The van der Waals surface area contributed by atoms with Crippen molar-refractivity contribution in [2.45, 2.75) is 18.2 Å². The van der Waals surface area contributed by atoms with Crippen LogP contribution in [0.5, 0.6) is 0 Å². The van der Waals surface area contributed by atoms with Gasteiger partial charge < -0.3 is 16.0 Å². The average molecular weight is 403 g/mol. The predicted molar refractivity (Wildman–Crippen MR) is 112 cm³/mol. The van der Waals surface area contributed by atoms with Gasteiger partial charge in [-0.2, -0.15) is 0 Å². The highest BCUT2D eigenvalue weighted by atomic mass is 32.2. The Morgan fingerprint density at radius 1 is 1.00 bits per heavy atom. The minimum absolute atomic E-state index is 0.00723. The van der Waals surface area contributed by atoms with Gasteiger partial charge in [0.1, 0.15) is 6.54 Å². The summed E-state index contributed by atoms with van der Waals surface area (Å²) in [6, 6.07) is 16.1. The minimum atomic E-state index is -3.18. The largest absolute Gasteiger partial charge is 0.357 e. The summed E-state index contributed by atoms with van der Waals surface area (Å²) in [5.74, 6) is 0.359. The van der Waals surface area contributed by atoms with Gasteiger partial charge in [0.25, 0.3) is 0 Å². The van der Waals surface area contributed by atoms with Gasteiger partial charge in [-0.1, -0.05) is 30.3 Å². The summed E-state index contributed by atoms with van der Waals surface area (Å²) < 4.78 is 23.0. The van der Waals surface area contributed by atoms with E-state index >= 15 is 0 Å². The van der Waals surface area contributed by atoms with Crippen LogP contribution in [0, 0.1) is 0 Å². The van der Waals surface area contributed by atoms with E-state index in [-0.39, 0.29) is 12.5 Å². The van der Waals surface area contributed by atoms with Crippen LogP contribution < -0.4 is 16.0 Å². The molecule has 0 heterocycles. The number of hydrogen-bond acceptors (Lipinski definition) is 4. The van der Waals surface area contributed by atoms with Crippen LogP contribution in [-0.2, 0) is 21.1 Å². The molecule has 0 spiro atoms. The van der Waals surface area contributed by atoms with E-state index < -0.39 is 9.84 Å². The highest BCUT2D eigenvalue weighted by Crippen LogP contribution is 2.10. The van der Waals surface area contributed by atoms with E-state index in [0.29, 0.717) is 30.4 Å². The number of carbonyl (C=O) groups is 1. The zero-order valence-corrected chi connectivity index (χ0v) is 16.9. The molecular weight excluding hydrogens is 376 g/mol. The fourth-order valence-corrected chi connectivity index (χ4v) is 3.07. The van der Waals surface area contributed by atoms with Crippen molar-refractivity contribution >= 4 is 27.4 Å². The zero-order valence-electron chi connectivity index (χ0n) is 16.1. The summed E-state index contributed by atoms with van der Waals surface area (Å²) in [5, 5.41) is 9.06. The molecule has 0 aromatic heterocycles. The van der Waals surface area contributed by atoms with E-state index in [1.54, 1.807) is 24.3 Å². The van der Waals surface area contributed by atoms with E-state index in [1.165, 1.54) is 6.26 Å². The summed E-state index contributed by atoms with van der Waals surface area (Å²) in [7, 11) is -3.18. The van der Waals surface area contributed by atoms with Crippen molar-refractivity contribution in [3.05, 3.63) is 60.2 Å². The fraction of sp³-hybridized carbons (Fsp3) is 0.300. The van der Waals surface area contributed by atoms with Crippen LogP contribution in [0.4, 0.5) is 5.69 Å². The number of anilines is 1. The molecule has 2 aromatic rings. The quantitative estimate of drug-likeness (QED) is 0.462. The molecule has 28 heavy (non-hydrogen) atoms. The Labute approximate surface area is 166 Å². The molecule has 2 aromatic carbocycles. The van der Waals surface area contributed by atoms with Gasteiger partial charge in [0, 0.05) is 25.0 Å². The Balaban J connectivity index is 1.84. The molecule has 0 atom stereocenters. The molecule has 8 heteroatoms. The predicted octanol–water partition coefficient (Wildman–Crippen LogP) is 1.83. The van der Waals surface area contributed by atoms with Gasteiger partial charge in [-0.3, -0.25) is 4.79 Å². The van der Waals surface area contributed by atoms with E-state index in [9.17, 15) is 13.2 Å². The van der Waals surface area contributed by atoms with Gasteiger partial charge in [-0.05, 0) is 43.2 Å². The summed E-state index contributed by atoms with van der Waals surface area (Å²) in [6.45, 7) is 3.23. The van der Waals surface area contributed by atoms with Crippen LogP contribution in [0.2, 0.25) is 0 Å².